The Kier molecular flexibility index (Phi) is 4.91. The first-order valence-corrected chi connectivity index (χ1v) is 7.02. The summed E-state index contributed by atoms with van der Waals surface area (Å²) in [7, 11) is 0. The number of para-hydroxylation sites is 1. The zero-order valence-corrected chi connectivity index (χ0v) is 12.1. The number of halogens is 2. The first-order valence-electron chi connectivity index (χ1n) is 7.02. The third-order valence-corrected chi connectivity index (χ3v) is 3.60. The van der Waals surface area contributed by atoms with Gasteiger partial charge in [0, 0.05) is 23.2 Å². The monoisotopic (exact) mass is 291 g/mol. The molecule has 0 aromatic heterocycles. The summed E-state index contributed by atoms with van der Waals surface area (Å²) in [4.78, 5) is 0. The smallest absolute Gasteiger partial charge is 0.130 e. The maximum absolute atomic E-state index is 13.8. The third kappa shape index (κ3) is 3.39. The molecule has 0 aliphatic heterocycles. The Morgan fingerprint density at radius 2 is 1.67 bits per heavy atom. The van der Waals surface area contributed by atoms with Crippen molar-refractivity contribution in [2.75, 3.05) is 0 Å². The van der Waals surface area contributed by atoms with Gasteiger partial charge in [0.1, 0.15) is 17.4 Å². The first kappa shape index (κ1) is 15.4. The van der Waals surface area contributed by atoms with Crippen LogP contribution in [0.5, 0.6) is 5.75 Å². The van der Waals surface area contributed by atoms with Crippen molar-refractivity contribution in [3.8, 4) is 5.75 Å². The number of benzene rings is 2. The van der Waals surface area contributed by atoms with Crippen LogP contribution in [-0.4, -0.2) is 5.11 Å². The highest BCUT2D eigenvalue weighted by Crippen LogP contribution is 2.29. The quantitative estimate of drug-likeness (QED) is 0.851. The van der Waals surface area contributed by atoms with Gasteiger partial charge >= 0.3 is 0 Å². The van der Waals surface area contributed by atoms with Crippen molar-refractivity contribution in [3.05, 3.63) is 65.2 Å². The second-order valence-corrected chi connectivity index (χ2v) is 5.04. The summed E-state index contributed by atoms with van der Waals surface area (Å²) in [6.45, 7) is 3.67. The average Bonchev–Trinajstić information content (AvgIpc) is 2.45. The number of phenolic OH excluding ortho intramolecular Hbond substituents is 1. The highest BCUT2D eigenvalue weighted by atomic mass is 19.1. The number of hydrogen-bond acceptors (Lipinski definition) is 2. The molecule has 2 unspecified atom stereocenters. The van der Waals surface area contributed by atoms with Crippen molar-refractivity contribution < 1.29 is 13.9 Å². The minimum absolute atomic E-state index is 0.0198. The summed E-state index contributed by atoms with van der Waals surface area (Å²) < 4.78 is 27.6. The molecule has 4 heteroatoms. The minimum atomic E-state index is -0.567. The fourth-order valence-electron chi connectivity index (χ4n) is 2.52. The molecule has 0 bridgehead atoms. The lowest BCUT2D eigenvalue weighted by Gasteiger charge is -2.24. The topological polar surface area (TPSA) is 32.3 Å². The lowest BCUT2D eigenvalue weighted by Crippen LogP contribution is -2.25. The number of nitrogens with one attached hydrogen (secondary N) is 1. The normalized spacial score (nSPS) is 13.9. The largest absolute Gasteiger partial charge is 0.508 e. The molecule has 112 valence electrons. The third-order valence-electron chi connectivity index (χ3n) is 3.60. The van der Waals surface area contributed by atoms with E-state index in [1.165, 1.54) is 18.2 Å². The zero-order chi connectivity index (χ0) is 15.4. The Labute approximate surface area is 123 Å². The molecule has 2 nitrogen and oxygen atoms in total. The Morgan fingerprint density at radius 3 is 2.24 bits per heavy atom. The summed E-state index contributed by atoms with van der Waals surface area (Å²) in [5.74, 6) is -0.956. The molecule has 0 radical (unpaired) electrons. The van der Waals surface area contributed by atoms with Crippen LogP contribution in [0.2, 0.25) is 0 Å². The molecule has 2 aromatic rings. The van der Waals surface area contributed by atoms with Gasteiger partial charge in [0.15, 0.2) is 0 Å². The lowest BCUT2D eigenvalue weighted by molar-refractivity contribution is 0.405. The van der Waals surface area contributed by atoms with Gasteiger partial charge in [-0.3, -0.25) is 0 Å². The Balaban J connectivity index is 2.25. The van der Waals surface area contributed by atoms with Crippen LogP contribution in [0.15, 0.2) is 42.5 Å². The maximum Gasteiger partial charge on any atom is 0.130 e. The number of rotatable bonds is 5. The molecular formula is C17H19F2NO. The van der Waals surface area contributed by atoms with E-state index < -0.39 is 17.7 Å². The molecule has 0 saturated heterocycles. The molecule has 0 heterocycles. The molecule has 2 N–H and O–H groups in total. The fourth-order valence-corrected chi connectivity index (χ4v) is 2.52. The van der Waals surface area contributed by atoms with E-state index >= 15 is 0 Å². The van der Waals surface area contributed by atoms with E-state index in [0.29, 0.717) is 6.42 Å². The Bertz CT molecular complexity index is 595. The van der Waals surface area contributed by atoms with E-state index in [1.807, 2.05) is 13.0 Å². The van der Waals surface area contributed by atoms with Gasteiger partial charge in [-0.1, -0.05) is 31.2 Å². The van der Waals surface area contributed by atoms with Crippen LogP contribution < -0.4 is 5.32 Å². The summed E-state index contributed by atoms with van der Waals surface area (Å²) in [5.41, 5.74) is 0.745. The molecule has 0 aliphatic rings. The van der Waals surface area contributed by atoms with Gasteiger partial charge in [-0.15, -0.1) is 0 Å². The standard InChI is InChI=1S/C17H19F2NO/c1-3-15(12-7-4-5-10-16(12)21)20-11(2)17-13(18)8-6-9-14(17)19/h4-11,15,20-21H,3H2,1-2H3. The van der Waals surface area contributed by atoms with Gasteiger partial charge < -0.3 is 10.4 Å². The van der Waals surface area contributed by atoms with Crippen LogP contribution in [0.4, 0.5) is 8.78 Å². The van der Waals surface area contributed by atoms with Gasteiger partial charge in [0.2, 0.25) is 0 Å². The maximum atomic E-state index is 13.8. The SMILES string of the molecule is CCC(NC(C)c1c(F)cccc1F)c1ccccc1O. The van der Waals surface area contributed by atoms with Crippen LogP contribution in [0.1, 0.15) is 43.5 Å². The molecular weight excluding hydrogens is 272 g/mol. The predicted molar refractivity (Wildman–Crippen MR) is 79.0 cm³/mol. The number of aromatic hydroxyl groups is 1. The van der Waals surface area contributed by atoms with Gasteiger partial charge in [-0.2, -0.15) is 0 Å². The van der Waals surface area contributed by atoms with E-state index in [2.05, 4.69) is 5.32 Å². The Morgan fingerprint density at radius 1 is 1.05 bits per heavy atom. The summed E-state index contributed by atoms with van der Waals surface area (Å²) in [5, 5.41) is 13.1. The molecule has 0 spiro atoms. The Hall–Kier alpha value is -1.94. The molecule has 0 amide bonds. The van der Waals surface area contributed by atoms with E-state index in [-0.39, 0.29) is 17.4 Å². The van der Waals surface area contributed by atoms with Crippen molar-refractivity contribution in [1.82, 2.24) is 5.32 Å². The molecule has 0 saturated carbocycles. The molecule has 21 heavy (non-hydrogen) atoms. The number of hydrogen-bond donors (Lipinski definition) is 2. The van der Waals surface area contributed by atoms with Crippen LogP contribution in [0.3, 0.4) is 0 Å². The second-order valence-electron chi connectivity index (χ2n) is 5.04. The highest BCUT2D eigenvalue weighted by Gasteiger charge is 2.20. The summed E-state index contributed by atoms with van der Waals surface area (Å²) in [6, 6.07) is 10.1. The van der Waals surface area contributed by atoms with Crippen LogP contribution >= 0.6 is 0 Å². The van der Waals surface area contributed by atoms with E-state index in [1.54, 1.807) is 25.1 Å². The van der Waals surface area contributed by atoms with Crippen molar-refractivity contribution in [1.29, 1.82) is 0 Å². The highest BCUT2D eigenvalue weighted by molar-refractivity contribution is 5.35. The van der Waals surface area contributed by atoms with Crippen molar-refractivity contribution in [3.63, 3.8) is 0 Å². The van der Waals surface area contributed by atoms with Crippen LogP contribution in [0.25, 0.3) is 0 Å². The second kappa shape index (κ2) is 6.68. The molecule has 2 aromatic carbocycles. The average molecular weight is 291 g/mol. The van der Waals surface area contributed by atoms with Crippen LogP contribution in [0, 0.1) is 11.6 Å². The van der Waals surface area contributed by atoms with Crippen LogP contribution in [-0.2, 0) is 0 Å². The zero-order valence-electron chi connectivity index (χ0n) is 12.1. The summed E-state index contributed by atoms with van der Waals surface area (Å²) in [6.07, 6.45) is 0.692. The fraction of sp³-hybridized carbons (Fsp3) is 0.294. The predicted octanol–water partition coefficient (Wildman–Crippen LogP) is 4.47. The molecule has 0 aliphatic carbocycles. The van der Waals surface area contributed by atoms with Crippen molar-refractivity contribution in [2.45, 2.75) is 32.4 Å². The minimum Gasteiger partial charge on any atom is -0.508 e. The number of phenols is 1. The first-order chi connectivity index (χ1) is 10.0. The van der Waals surface area contributed by atoms with E-state index in [0.717, 1.165) is 5.56 Å². The van der Waals surface area contributed by atoms with E-state index in [4.69, 9.17) is 0 Å². The van der Waals surface area contributed by atoms with E-state index in [9.17, 15) is 13.9 Å². The van der Waals surface area contributed by atoms with Gasteiger partial charge in [-0.25, -0.2) is 8.78 Å². The van der Waals surface area contributed by atoms with Gasteiger partial charge in [0.05, 0.1) is 0 Å². The van der Waals surface area contributed by atoms with Crippen molar-refractivity contribution in [2.24, 2.45) is 0 Å². The summed E-state index contributed by atoms with van der Waals surface area (Å²) >= 11 is 0. The van der Waals surface area contributed by atoms with Crippen molar-refractivity contribution >= 4 is 0 Å². The molecule has 2 rings (SSSR count). The van der Waals surface area contributed by atoms with Gasteiger partial charge in [-0.05, 0) is 31.5 Å². The van der Waals surface area contributed by atoms with Gasteiger partial charge in [0.25, 0.3) is 0 Å². The lowest BCUT2D eigenvalue weighted by atomic mass is 10.00. The molecule has 0 fully saturated rings. The molecule has 2 atom stereocenters.